The lowest BCUT2D eigenvalue weighted by molar-refractivity contribution is 0.209. The van der Waals surface area contributed by atoms with Gasteiger partial charge in [-0.15, -0.1) is 0 Å². The summed E-state index contributed by atoms with van der Waals surface area (Å²) >= 11 is 0. The van der Waals surface area contributed by atoms with Gasteiger partial charge in [0.2, 0.25) is 0 Å². The molecular formula is C8H9N3O2. The maximum Gasteiger partial charge on any atom is 0.410 e. The van der Waals surface area contributed by atoms with E-state index in [-0.39, 0.29) is 5.82 Å². The number of nitrogens with one attached hydrogen (secondary N) is 1. The lowest BCUT2D eigenvalue weighted by atomic mass is 10.3. The normalized spacial score (nSPS) is 15.4. The molecule has 1 aromatic heterocycles. The highest BCUT2D eigenvalue weighted by atomic mass is 16.4. The van der Waals surface area contributed by atoms with Gasteiger partial charge < -0.3 is 5.11 Å². The highest BCUT2D eigenvalue weighted by Crippen LogP contribution is 2.38. The summed E-state index contributed by atoms with van der Waals surface area (Å²) in [6.07, 6.45) is 4.29. The summed E-state index contributed by atoms with van der Waals surface area (Å²) in [7, 11) is 0. The molecule has 1 aliphatic rings. The second-order valence-electron chi connectivity index (χ2n) is 3.03. The van der Waals surface area contributed by atoms with Crippen molar-refractivity contribution >= 4 is 11.9 Å². The van der Waals surface area contributed by atoms with Crippen LogP contribution in [0.15, 0.2) is 12.4 Å². The zero-order valence-corrected chi connectivity index (χ0v) is 6.90. The Kier molecular flexibility index (Phi) is 1.84. The first-order chi connectivity index (χ1) is 6.25. The Balaban J connectivity index is 2.08. The fourth-order valence-corrected chi connectivity index (χ4v) is 1.10. The van der Waals surface area contributed by atoms with Crippen LogP contribution in [0.25, 0.3) is 0 Å². The zero-order chi connectivity index (χ0) is 9.26. The van der Waals surface area contributed by atoms with Gasteiger partial charge in [-0.1, -0.05) is 0 Å². The maximum atomic E-state index is 10.2. The van der Waals surface area contributed by atoms with E-state index in [2.05, 4.69) is 15.3 Å². The molecule has 0 saturated heterocycles. The van der Waals surface area contributed by atoms with Crippen LogP contribution >= 0.6 is 0 Å². The second kappa shape index (κ2) is 3.01. The quantitative estimate of drug-likeness (QED) is 0.720. The van der Waals surface area contributed by atoms with Crippen molar-refractivity contribution in [1.82, 2.24) is 9.97 Å². The standard InChI is InChI=1S/C8H9N3O2/c12-8(13)11-7-4-9-6(3-10-7)5-1-2-5/h3-5H,1-2H2,(H,10,11)(H,12,13). The Morgan fingerprint density at radius 2 is 2.23 bits per heavy atom. The van der Waals surface area contributed by atoms with Crippen LogP contribution in [0, 0.1) is 0 Å². The topological polar surface area (TPSA) is 75.1 Å². The summed E-state index contributed by atoms with van der Waals surface area (Å²) in [5, 5.41) is 10.5. The molecule has 0 atom stereocenters. The van der Waals surface area contributed by atoms with Crippen molar-refractivity contribution < 1.29 is 9.90 Å². The largest absolute Gasteiger partial charge is 0.465 e. The van der Waals surface area contributed by atoms with E-state index in [9.17, 15) is 4.79 Å². The van der Waals surface area contributed by atoms with E-state index < -0.39 is 6.09 Å². The molecular weight excluding hydrogens is 170 g/mol. The molecule has 5 heteroatoms. The average molecular weight is 179 g/mol. The number of carboxylic acid groups (broad SMARTS) is 1. The molecule has 1 fully saturated rings. The van der Waals surface area contributed by atoms with Crippen LogP contribution in [-0.2, 0) is 0 Å². The Hall–Kier alpha value is -1.65. The smallest absolute Gasteiger partial charge is 0.410 e. The third-order valence-electron chi connectivity index (χ3n) is 1.90. The molecule has 5 nitrogen and oxygen atoms in total. The lowest BCUT2D eigenvalue weighted by Crippen LogP contribution is -2.09. The molecule has 0 bridgehead atoms. The average Bonchev–Trinajstić information content (AvgIpc) is 2.87. The van der Waals surface area contributed by atoms with Crippen molar-refractivity contribution in [2.75, 3.05) is 5.32 Å². The first kappa shape index (κ1) is 7.97. The van der Waals surface area contributed by atoms with Gasteiger partial charge in [0.1, 0.15) is 0 Å². The maximum absolute atomic E-state index is 10.2. The predicted octanol–water partition coefficient (Wildman–Crippen LogP) is 1.44. The molecule has 13 heavy (non-hydrogen) atoms. The lowest BCUT2D eigenvalue weighted by Gasteiger charge is -1.99. The fourth-order valence-electron chi connectivity index (χ4n) is 1.10. The summed E-state index contributed by atoms with van der Waals surface area (Å²) in [4.78, 5) is 18.3. The molecule has 2 N–H and O–H groups in total. The monoisotopic (exact) mass is 179 g/mol. The first-order valence-corrected chi connectivity index (χ1v) is 4.07. The Labute approximate surface area is 74.8 Å². The van der Waals surface area contributed by atoms with Crippen molar-refractivity contribution in [1.29, 1.82) is 0 Å². The Morgan fingerprint density at radius 3 is 2.69 bits per heavy atom. The minimum atomic E-state index is -1.12. The van der Waals surface area contributed by atoms with Crippen LogP contribution in [0.2, 0.25) is 0 Å². The summed E-state index contributed by atoms with van der Waals surface area (Å²) in [6, 6.07) is 0. The summed E-state index contributed by atoms with van der Waals surface area (Å²) < 4.78 is 0. The summed E-state index contributed by atoms with van der Waals surface area (Å²) in [5.41, 5.74) is 0.955. The molecule has 0 radical (unpaired) electrons. The number of hydrogen-bond acceptors (Lipinski definition) is 3. The van der Waals surface area contributed by atoms with Crippen molar-refractivity contribution in [2.45, 2.75) is 18.8 Å². The van der Waals surface area contributed by atoms with Gasteiger partial charge in [0.05, 0.1) is 18.1 Å². The van der Waals surface area contributed by atoms with Gasteiger partial charge >= 0.3 is 6.09 Å². The van der Waals surface area contributed by atoms with Crippen LogP contribution in [0.3, 0.4) is 0 Å². The van der Waals surface area contributed by atoms with E-state index in [4.69, 9.17) is 5.11 Å². The fraction of sp³-hybridized carbons (Fsp3) is 0.375. The molecule has 1 heterocycles. The van der Waals surface area contributed by atoms with Crippen LogP contribution in [0.1, 0.15) is 24.5 Å². The van der Waals surface area contributed by atoms with Crippen LogP contribution in [-0.4, -0.2) is 21.2 Å². The molecule has 1 saturated carbocycles. The number of nitrogens with zero attached hydrogens (tertiary/aromatic N) is 2. The van der Waals surface area contributed by atoms with Gasteiger partial charge in [-0.05, 0) is 12.8 Å². The minimum absolute atomic E-state index is 0.275. The molecule has 0 spiro atoms. The number of hydrogen-bond donors (Lipinski definition) is 2. The number of carbonyl (C=O) groups is 1. The van der Waals surface area contributed by atoms with Crippen molar-refractivity contribution in [2.24, 2.45) is 0 Å². The van der Waals surface area contributed by atoms with Gasteiger partial charge in [-0.2, -0.15) is 0 Å². The van der Waals surface area contributed by atoms with E-state index in [1.807, 2.05) is 0 Å². The zero-order valence-electron chi connectivity index (χ0n) is 6.90. The van der Waals surface area contributed by atoms with E-state index in [1.54, 1.807) is 6.20 Å². The Morgan fingerprint density at radius 1 is 1.46 bits per heavy atom. The van der Waals surface area contributed by atoms with Gasteiger partial charge in [-0.3, -0.25) is 10.3 Å². The SMILES string of the molecule is O=C(O)Nc1cnc(C2CC2)cn1. The van der Waals surface area contributed by atoms with Crippen LogP contribution in [0.4, 0.5) is 10.6 Å². The Bertz CT molecular complexity index is 319. The van der Waals surface area contributed by atoms with Crippen LogP contribution in [0.5, 0.6) is 0 Å². The molecule has 0 aromatic carbocycles. The molecule has 2 rings (SSSR count). The van der Waals surface area contributed by atoms with Gasteiger partial charge in [-0.25, -0.2) is 9.78 Å². The van der Waals surface area contributed by atoms with Gasteiger partial charge in [0.15, 0.2) is 5.82 Å². The molecule has 1 amide bonds. The minimum Gasteiger partial charge on any atom is -0.465 e. The number of aromatic nitrogens is 2. The van der Waals surface area contributed by atoms with E-state index >= 15 is 0 Å². The van der Waals surface area contributed by atoms with E-state index in [1.165, 1.54) is 19.0 Å². The predicted molar refractivity (Wildman–Crippen MR) is 45.7 cm³/mol. The van der Waals surface area contributed by atoms with Crippen LogP contribution < -0.4 is 5.32 Å². The molecule has 68 valence electrons. The molecule has 1 aliphatic carbocycles. The summed E-state index contributed by atoms with van der Waals surface area (Å²) in [6.45, 7) is 0. The number of rotatable bonds is 2. The van der Waals surface area contributed by atoms with Crippen molar-refractivity contribution in [3.63, 3.8) is 0 Å². The third kappa shape index (κ3) is 1.93. The number of amides is 1. The van der Waals surface area contributed by atoms with E-state index in [0.717, 1.165) is 5.69 Å². The van der Waals surface area contributed by atoms with Gasteiger partial charge in [0.25, 0.3) is 0 Å². The van der Waals surface area contributed by atoms with E-state index in [0.29, 0.717) is 5.92 Å². The third-order valence-corrected chi connectivity index (χ3v) is 1.90. The molecule has 0 unspecified atom stereocenters. The molecule has 0 aliphatic heterocycles. The highest BCUT2D eigenvalue weighted by molar-refractivity contribution is 5.81. The molecule has 1 aromatic rings. The van der Waals surface area contributed by atoms with Gasteiger partial charge in [0, 0.05) is 5.92 Å². The second-order valence-corrected chi connectivity index (χ2v) is 3.03. The van der Waals surface area contributed by atoms with Crippen molar-refractivity contribution in [3.8, 4) is 0 Å². The summed E-state index contributed by atoms with van der Waals surface area (Å²) in [5.74, 6) is 0.822. The first-order valence-electron chi connectivity index (χ1n) is 4.07. The highest BCUT2D eigenvalue weighted by Gasteiger charge is 2.25. The number of anilines is 1. The van der Waals surface area contributed by atoms with Crippen molar-refractivity contribution in [3.05, 3.63) is 18.1 Å².